The van der Waals surface area contributed by atoms with Crippen molar-refractivity contribution in [2.24, 2.45) is 0 Å². The molecule has 2 rings (SSSR count). The lowest BCUT2D eigenvalue weighted by Crippen LogP contribution is -1.94. The zero-order valence-electron chi connectivity index (χ0n) is 8.90. The molecule has 2 N–H and O–H groups in total. The number of aromatic amines is 2. The molecule has 5 nitrogen and oxygen atoms in total. The number of hydrogen-bond donors (Lipinski definition) is 2. The van der Waals surface area contributed by atoms with Gasteiger partial charge in [-0.1, -0.05) is 6.07 Å². The number of aromatic nitrogens is 3. The van der Waals surface area contributed by atoms with E-state index < -0.39 is 0 Å². The molecule has 0 radical (unpaired) electrons. The zero-order chi connectivity index (χ0) is 11.5. The minimum atomic E-state index is 0.392. The first-order valence-corrected chi connectivity index (χ1v) is 5.03. The number of nitrogens with zero attached hydrogens (tertiary/aromatic N) is 1. The van der Waals surface area contributed by atoms with Gasteiger partial charge in [-0.2, -0.15) is 4.98 Å². The van der Waals surface area contributed by atoms with Crippen molar-refractivity contribution in [2.45, 2.75) is 0 Å². The standard InChI is InChI=1S/C10H11N3O2S/c1-14-6-4-3-5-7(15-2)8(6)9-11-10(16)13-12-9/h3-5H,1-2H3,(H2,11,12,13,16). The van der Waals surface area contributed by atoms with Crippen LogP contribution < -0.4 is 9.47 Å². The van der Waals surface area contributed by atoms with E-state index in [-0.39, 0.29) is 0 Å². The van der Waals surface area contributed by atoms with Crippen molar-refractivity contribution in [3.63, 3.8) is 0 Å². The molecule has 2 aromatic rings. The van der Waals surface area contributed by atoms with Crippen LogP contribution in [-0.4, -0.2) is 29.4 Å². The molecule has 6 heteroatoms. The van der Waals surface area contributed by atoms with Gasteiger partial charge in [0, 0.05) is 0 Å². The summed E-state index contributed by atoms with van der Waals surface area (Å²) in [5.74, 6) is 1.95. The van der Waals surface area contributed by atoms with E-state index in [0.29, 0.717) is 22.1 Å². The number of ether oxygens (including phenoxy) is 2. The zero-order valence-corrected chi connectivity index (χ0v) is 9.72. The van der Waals surface area contributed by atoms with Crippen LogP contribution in [0.5, 0.6) is 11.5 Å². The van der Waals surface area contributed by atoms with E-state index in [1.54, 1.807) is 14.2 Å². The predicted molar refractivity (Wildman–Crippen MR) is 62.3 cm³/mol. The molecule has 16 heavy (non-hydrogen) atoms. The summed E-state index contributed by atoms with van der Waals surface area (Å²) in [5.41, 5.74) is 0.750. The van der Waals surface area contributed by atoms with E-state index in [2.05, 4.69) is 15.2 Å². The van der Waals surface area contributed by atoms with Crippen LogP contribution in [0.3, 0.4) is 0 Å². The SMILES string of the molecule is COc1cccc(OC)c1-c1nc(=S)[nH][nH]1. The lowest BCUT2D eigenvalue weighted by molar-refractivity contribution is 0.397. The average molecular weight is 237 g/mol. The van der Waals surface area contributed by atoms with Crippen LogP contribution in [0.25, 0.3) is 11.4 Å². The maximum Gasteiger partial charge on any atom is 0.213 e. The molecule has 0 aliphatic carbocycles. The van der Waals surface area contributed by atoms with Crippen molar-refractivity contribution in [3.05, 3.63) is 23.0 Å². The highest BCUT2D eigenvalue weighted by atomic mass is 32.1. The molecule has 0 amide bonds. The maximum absolute atomic E-state index is 5.26. The summed E-state index contributed by atoms with van der Waals surface area (Å²) >= 11 is 4.91. The van der Waals surface area contributed by atoms with Crippen LogP contribution in [0.1, 0.15) is 0 Å². The molecule has 84 valence electrons. The summed E-state index contributed by atoms with van der Waals surface area (Å²) in [7, 11) is 3.19. The molecular weight excluding hydrogens is 226 g/mol. The van der Waals surface area contributed by atoms with Crippen LogP contribution >= 0.6 is 12.2 Å². The van der Waals surface area contributed by atoms with Gasteiger partial charge in [-0.25, -0.2) is 0 Å². The summed E-state index contributed by atoms with van der Waals surface area (Å²) in [4.78, 5) is 4.14. The molecule has 0 aliphatic heterocycles. The molecule has 0 fully saturated rings. The first kappa shape index (κ1) is 10.7. The van der Waals surface area contributed by atoms with E-state index in [1.165, 1.54) is 0 Å². The Morgan fingerprint density at radius 1 is 1.12 bits per heavy atom. The van der Waals surface area contributed by atoms with E-state index in [9.17, 15) is 0 Å². The minimum Gasteiger partial charge on any atom is -0.496 e. The summed E-state index contributed by atoms with van der Waals surface area (Å²) in [5, 5.41) is 5.61. The van der Waals surface area contributed by atoms with Gasteiger partial charge < -0.3 is 9.47 Å². The van der Waals surface area contributed by atoms with Gasteiger partial charge in [-0.05, 0) is 24.4 Å². The van der Waals surface area contributed by atoms with Gasteiger partial charge in [-0.3, -0.25) is 10.2 Å². The second-order valence-corrected chi connectivity index (χ2v) is 3.44. The Kier molecular flexibility index (Phi) is 2.91. The number of methoxy groups -OCH3 is 2. The van der Waals surface area contributed by atoms with Gasteiger partial charge in [-0.15, -0.1) is 0 Å². The van der Waals surface area contributed by atoms with Gasteiger partial charge >= 0.3 is 0 Å². The van der Waals surface area contributed by atoms with Crippen molar-refractivity contribution >= 4 is 12.2 Å². The number of benzene rings is 1. The molecule has 0 bridgehead atoms. The molecule has 1 aromatic heterocycles. The number of H-pyrrole nitrogens is 2. The second-order valence-electron chi connectivity index (χ2n) is 3.05. The van der Waals surface area contributed by atoms with Gasteiger partial charge in [0.2, 0.25) is 4.77 Å². The Morgan fingerprint density at radius 2 is 1.75 bits per heavy atom. The lowest BCUT2D eigenvalue weighted by atomic mass is 10.1. The third-order valence-corrected chi connectivity index (χ3v) is 2.36. The molecule has 0 atom stereocenters. The van der Waals surface area contributed by atoms with Crippen LogP contribution in [0.2, 0.25) is 0 Å². The van der Waals surface area contributed by atoms with Crippen molar-refractivity contribution < 1.29 is 9.47 Å². The Balaban J connectivity index is 2.65. The molecule has 0 spiro atoms. The smallest absolute Gasteiger partial charge is 0.213 e. The van der Waals surface area contributed by atoms with Crippen molar-refractivity contribution in [1.82, 2.24) is 15.2 Å². The highest BCUT2D eigenvalue weighted by Crippen LogP contribution is 2.35. The fourth-order valence-corrected chi connectivity index (χ4v) is 1.62. The largest absolute Gasteiger partial charge is 0.496 e. The third kappa shape index (κ3) is 1.79. The van der Waals surface area contributed by atoms with Crippen LogP contribution in [0, 0.1) is 4.77 Å². The van der Waals surface area contributed by atoms with Crippen molar-refractivity contribution in [1.29, 1.82) is 0 Å². The van der Waals surface area contributed by atoms with E-state index in [0.717, 1.165) is 5.56 Å². The van der Waals surface area contributed by atoms with Crippen molar-refractivity contribution in [2.75, 3.05) is 14.2 Å². The Bertz CT molecular complexity index is 525. The van der Waals surface area contributed by atoms with Gasteiger partial charge in [0.15, 0.2) is 5.82 Å². The van der Waals surface area contributed by atoms with Gasteiger partial charge in [0.05, 0.1) is 14.2 Å². The normalized spacial score (nSPS) is 10.1. The second kappa shape index (κ2) is 4.36. The Labute approximate surface area is 97.4 Å². The Hall–Kier alpha value is -1.82. The molecule has 0 aliphatic rings. The molecule has 0 saturated heterocycles. The van der Waals surface area contributed by atoms with E-state index in [4.69, 9.17) is 21.7 Å². The average Bonchev–Trinajstić information content (AvgIpc) is 2.74. The molecular formula is C10H11N3O2S. The molecule has 0 unspecified atom stereocenters. The fourth-order valence-electron chi connectivity index (χ4n) is 1.47. The highest BCUT2D eigenvalue weighted by Gasteiger charge is 2.14. The summed E-state index contributed by atoms with van der Waals surface area (Å²) in [6.07, 6.45) is 0. The minimum absolute atomic E-state index is 0.392. The summed E-state index contributed by atoms with van der Waals surface area (Å²) in [6.45, 7) is 0. The summed E-state index contributed by atoms with van der Waals surface area (Å²) < 4.78 is 10.9. The first-order valence-electron chi connectivity index (χ1n) is 4.62. The quantitative estimate of drug-likeness (QED) is 0.803. The van der Waals surface area contributed by atoms with E-state index >= 15 is 0 Å². The topological polar surface area (TPSA) is 62.9 Å². The predicted octanol–water partition coefficient (Wildman–Crippen LogP) is 2.15. The van der Waals surface area contributed by atoms with Gasteiger partial charge in [0.1, 0.15) is 17.1 Å². The number of nitrogens with one attached hydrogen (secondary N) is 2. The highest BCUT2D eigenvalue weighted by molar-refractivity contribution is 7.71. The number of hydrogen-bond acceptors (Lipinski definition) is 4. The Morgan fingerprint density at radius 3 is 2.19 bits per heavy atom. The van der Waals surface area contributed by atoms with Crippen LogP contribution in [-0.2, 0) is 0 Å². The summed E-state index contributed by atoms with van der Waals surface area (Å²) in [6, 6.07) is 5.52. The van der Waals surface area contributed by atoms with Crippen LogP contribution in [0.15, 0.2) is 18.2 Å². The van der Waals surface area contributed by atoms with E-state index in [1.807, 2.05) is 18.2 Å². The van der Waals surface area contributed by atoms with Gasteiger partial charge in [0.25, 0.3) is 0 Å². The fraction of sp³-hybridized carbons (Fsp3) is 0.200. The maximum atomic E-state index is 5.26. The molecule has 0 saturated carbocycles. The third-order valence-electron chi connectivity index (χ3n) is 2.17. The monoisotopic (exact) mass is 237 g/mol. The molecule has 1 aromatic carbocycles. The molecule has 1 heterocycles. The first-order chi connectivity index (χ1) is 7.76. The number of rotatable bonds is 3. The van der Waals surface area contributed by atoms with Crippen LogP contribution in [0.4, 0.5) is 0 Å². The lowest BCUT2D eigenvalue weighted by Gasteiger charge is -2.10. The van der Waals surface area contributed by atoms with Crippen molar-refractivity contribution in [3.8, 4) is 22.9 Å².